The molecule has 0 spiro atoms. The number of alkyl halides is 3. The summed E-state index contributed by atoms with van der Waals surface area (Å²) in [6.07, 6.45) is -2.44. The van der Waals surface area contributed by atoms with Crippen LogP contribution in [0.15, 0.2) is 18.2 Å². The van der Waals surface area contributed by atoms with E-state index in [0.717, 1.165) is 11.1 Å². The molecular weight excluding hydrogens is 287 g/mol. The van der Waals surface area contributed by atoms with Crippen molar-refractivity contribution < 1.29 is 13.2 Å². The minimum absolute atomic E-state index is 0.0132. The van der Waals surface area contributed by atoms with E-state index in [0.29, 0.717) is 24.3 Å². The maximum Gasteiger partial charge on any atom is 0.391 e. The van der Waals surface area contributed by atoms with Gasteiger partial charge in [-0.15, -0.1) is 0 Å². The Morgan fingerprint density at radius 3 is 2.70 bits per heavy atom. The highest BCUT2D eigenvalue weighted by Gasteiger charge is 2.46. The van der Waals surface area contributed by atoms with Gasteiger partial charge in [-0.2, -0.15) is 13.2 Å². The Hall–Kier alpha value is -0.740. The lowest BCUT2D eigenvalue weighted by molar-refractivity contribution is -0.187. The Balaban J connectivity index is 2.14. The molecule has 0 saturated heterocycles. The predicted octanol–water partition coefficient (Wildman–Crippen LogP) is 4.64. The average molecular weight is 306 g/mol. The summed E-state index contributed by atoms with van der Waals surface area (Å²) < 4.78 is 38.6. The number of hydrogen-bond donors (Lipinski definition) is 1. The molecule has 1 aliphatic rings. The van der Waals surface area contributed by atoms with E-state index in [-0.39, 0.29) is 12.8 Å². The summed E-state index contributed by atoms with van der Waals surface area (Å²) >= 11 is 6.16. The summed E-state index contributed by atoms with van der Waals surface area (Å²) in [5.74, 6) is -1.29. The first kappa shape index (κ1) is 15.6. The molecule has 5 heteroatoms. The van der Waals surface area contributed by atoms with Crippen LogP contribution in [0.25, 0.3) is 0 Å². The highest BCUT2D eigenvalue weighted by molar-refractivity contribution is 6.31. The van der Waals surface area contributed by atoms with Gasteiger partial charge in [0.05, 0.1) is 5.92 Å². The molecule has 2 N–H and O–H groups in total. The van der Waals surface area contributed by atoms with Crippen LogP contribution < -0.4 is 5.73 Å². The number of aryl methyl sites for hydroxylation is 1. The van der Waals surface area contributed by atoms with Crippen LogP contribution in [-0.2, 0) is 6.42 Å². The molecule has 2 unspecified atom stereocenters. The van der Waals surface area contributed by atoms with E-state index in [2.05, 4.69) is 0 Å². The Morgan fingerprint density at radius 1 is 1.40 bits per heavy atom. The Bertz CT molecular complexity index is 486. The van der Waals surface area contributed by atoms with Gasteiger partial charge in [0.15, 0.2) is 0 Å². The fourth-order valence-corrected chi connectivity index (χ4v) is 3.31. The van der Waals surface area contributed by atoms with Crippen LogP contribution in [0.1, 0.15) is 36.8 Å². The first-order valence-corrected chi connectivity index (χ1v) is 7.18. The number of hydrogen-bond acceptors (Lipinski definition) is 1. The van der Waals surface area contributed by atoms with Crippen molar-refractivity contribution in [3.8, 4) is 0 Å². The Labute approximate surface area is 122 Å². The first-order chi connectivity index (χ1) is 9.20. The van der Waals surface area contributed by atoms with Gasteiger partial charge in [-0.1, -0.05) is 30.2 Å². The van der Waals surface area contributed by atoms with E-state index in [1.54, 1.807) is 0 Å². The zero-order chi connectivity index (χ0) is 15.0. The monoisotopic (exact) mass is 305 g/mol. The van der Waals surface area contributed by atoms with E-state index in [1.807, 2.05) is 25.1 Å². The molecule has 0 radical (unpaired) electrons. The summed E-state index contributed by atoms with van der Waals surface area (Å²) in [5.41, 5.74) is 7.28. The van der Waals surface area contributed by atoms with Crippen LogP contribution in [0.3, 0.4) is 0 Å². The first-order valence-electron chi connectivity index (χ1n) is 6.80. The molecule has 1 aromatic carbocycles. The normalized spacial score (nSPS) is 27.6. The van der Waals surface area contributed by atoms with Gasteiger partial charge in [0.2, 0.25) is 0 Å². The van der Waals surface area contributed by atoms with Gasteiger partial charge in [-0.25, -0.2) is 0 Å². The molecule has 1 nitrogen and oxygen atoms in total. The summed E-state index contributed by atoms with van der Waals surface area (Å²) in [6, 6.07) is 5.60. The number of halogens is 4. The lowest BCUT2D eigenvalue weighted by Crippen LogP contribution is -2.49. The van der Waals surface area contributed by atoms with Crippen LogP contribution in [0, 0.1) is 12.8 Å². The van der Waals surface area contributed by atoms with Crippen molar-refractivity contribution >= 4 is 11.6 Å². The largest absolute Gasteiger partial charge is 0.391 e. The fourth-order valence-electron chi connectivity index (χ4n) is 3.01. The second kappa shape index (κ2) is 5.57. The van der Waals surface area contributed by atoms with Crippen molar-refractivity contribution in [2.75, 3.05) is 0 Å². The molecule has 0 aromatic heterocycles. The molecule has 2 rings (SSSR count). The summed E-state index contributed by atoms with van der Waals surface area (Å²) in [7, 11) is 0. The Kier molecular flexibility index (Phi) is 4.35. The highest BCUT2D eigenvalue weighted by atomic mass is 35.5. The molecular formula is C15H19ClF3N. The van der Waals surface area contributed by atoms with Gasteiger partial charge in [-0.05, 0) is 49.8 Å². The van der Waals surface area contributed by atoms with Crippen LogP contribution in [0.5, 0.6) is 0 Å². The zero-order valence-corrected chi connectivity index (χ0v) is 12.2. The van der Waals surface area contributed by atoms with E-state index >= 15 is 0 Å². The lowest BCUT2D eigenvalue weighted by atomic mass is 9.73. The SMILES string of the molecule is Cc1ccc(CC2(N)CCCC(C(F)(F)F)C2)c(Cl)c1. The van der Waals surface area contributed by atoms with Crippen molar-refractivity contribution in [1.82, 2.24) is 0 Å². The molecule has 20 heavy (non-hydrogen) atoms. The maximum atomic E-state index is 12.9. The third-order valence-electron chi connectivity index (χ3n) is 4.09. The van der Waals surface area contributed by atoms with Gasteiger partial charge in [0.1, 0.15) is 0 Å². The van der Waals surface area contributed by atoms with Gasteiger partial charge < -0.3 is 5.73 Å². The summed E-state index contributed by atoms with van der Waals surface area (Å²) in [5, 5.41) is 0.587. The third kappa shape index (κ3) is 3.67. The van der Waals surface area contributed by atoms with Gasteiger partial charge >= 0.3 is 6.18 Å². The second-order valence-electron chi connectivity index (χ2n) is 5.97. The molecule has 1 fully saturated rings. The van der Waals surface area contributed by atoms with E-state index in [9.17, 15) is 13.2 Å². The standard InChI is InChI=1S/C15H19ClF3N/c1-10-4-5-11(13(16)7-10)8-14(20)6-2-3-12(9-14)15(17,18)19/h4-5,7,12H,2-3,6,8-9,20H2,1H3. The van der Waals surface area contributed by atoms with Crippen LogP contribution in [0.4, 0.5) is 13.2 Å². The van der Waals surface area contributed by atoms with Gasteiger partial charge in [0.25, 0.3) is 0 Å². The van der Waals surface area contributed by atoms with Crippen LogP contribution >= 0.6 is 11.6 Å². The van der Waals surface area contributed by atoms with Gasteiger partial charge in [-0.3, -0.25) is 0 Å². The van der Waals surface area contributed by atoms with Crippen LogP contribution in [0.2, 0.25) is 5.02 Å². The van der Waals surface area contributed by atoms with E-state index < -0.39 is 17.6 Å². The maximum absolute atomic E-state index is 12.9. The number of benzene rings is 1. The van der Waals surface area contributed by atoms with Crippen LogP contribution in [-0.4, -0.2) is 11.7 Å². The van der Waals surface area contributed by atoms with E-state index in [4.69, 9.17) is 17.3 Å². The smallest absolute Gasteiger partial charge is 0.325 e. The zero-order valence-electron chi connectivity index (χ0n) is 11.4. The molecule has 0 bridgehead atoms. The molecule has 0 amide bonds. The predicted molar refractivity (Wildman–Crippen MR) is 74.8 cm³/mol. The molecule has 1 aliphatic carbocycles. The van der Waals surface area contributed by atoms with E-state index in [1.165, 1.54) is 0 Å². The average Bonchev–Trinajstić information content (AvgIpc) is 2.32. The fraction of sp³-hybridized carbons (Fsp3) is 0.600. The third-order valence-corrected chi connectivity index (χ3v) is 4.45. The molecule has 112 valence electrons. The molecule has 0 heterocycles. The summed E-state index contributed by atoms with van der Waals surface area (Å²) in [6.45, 7) is 1.92. The molecule has 2 atom stereocenters. The van der Waals surface area contributed by atoms with Crippen molar-refractivity contribution in [2.24, 2.45) is 11.7 Å². The number of rotatable bonds is 2. The lowest BCUT2D eigenvalue weighted by Gasteiger charge is -2.39. The van der Waals surface area contributed by atoms with Gasteiger partial charge in [0, 0.05) is 10.6 Å². The molecule has 1 aromatic rings. The number of nitrogens with two attached hydrogens (primary N) is 1. The van der Waals surface area contributed by atoms with Crippen molar-refractivity contribution in [2.45, 2.75) is 50.7 Å². The summed E-state index contributed by atoms with van der Waals surface area (Å²) in [4.78, 5) is 0. The molecule has 0 aliphatic heterocycles. The topological polar surface area (TPSA) is 26.0 Å². The van der Waals surface area contributed by atoms with Crippen molar-refractivity contribution in [1.29, 1.82) is 0 Å². The Morgan fingerprint density at radius 2 is 2.10 bits per heavy atom. The minimum Gasteiger partial charge on any atom is -0.325 e. The molecule has 1 saturated carbocycles. The minimum atomic E-state index is -4.15. The quantitative estimate of drug-likeness (QED) is 0.846. The highest BCUT2D eigenvalue weighted by Crippen LogP contribution is 2.42. The van der Waals surface area contributed by atoms with Crippen molar-refractivity contribution in [3.63, 3.8) is 0 Å². The van der Waals surface area contributed by atoms with Crippen molar-refractivity contribution in [3.05, 3.63) is 34.3 Å². The second-order valence-corrected chi connectivity index (χ2v) is 6.38.